The Morgan fingerprint density at radius 2 is 1.97 bits per heavy atom. The van der Waals surface area contributed by atoms with Gasteiger partial charge in [-0.2, -0.15) is 5.10 Å². The van der Waals surface area contributed by atoms with E-state index in [0.717, 1.165) is 5.56 Å². The molecule has 5 rings (SSSR count). The minimum Gasteiger partial charge on any atom is -0.507 e. The SMILES string of the molecule is COc1cc(C2c3c(-c4cc(Cl)ccc4O)n[nH]c3C(=O)N2Cc2cccnc2)ccc1O. The molecule has 0 spiro atoms. The number of ether oxygens (including phenoxy) is 1. The summed E-state index contributed by atoms with van der Waals surface area (Å²) in [7, 11) is 1.46. The van der Waals surface area contributed by atoms with Crippen molar-refractivity contribution in [3.05, 3.63) is 88.3 Å². The first kappa shape index (κ1) is 20.8. The molecule has 2 aromatic heterocycles. The molecule has 33 heavy (non-hydrogen) atoms. The molecule has 2 aromatic carbocycles. The summed E-state index contributed by atoms with van der Waals surface area (Å²) < 4.78 is 5.30. The molecule has 3 N–H and O–H groups in total. The Kier molecular flexibility index (Phi) is 5.14. The molecule has 1 unspecified atom stereocenters. The number of pyridine rings is 1. The van der Waals surface area contributed by atoms with Crippen LogP contribution in [0.4, 0.5) is 0 Å². The molecule has 166 valence electrons. The maximum Gasteiger partial charge on any atom is 0.273 e. The highest BCUT2D eigenvalue weighted by Gasteiger charge is 2.42. The van der Waals surface area contributed by atoms with Gasteiger partial charge < -0.3 is 19.8 Å². The number of hydrogen-bond acceptors (Lipinski definition) is 6. The number of hydrogen-bond donors (Lipinski definition) is 3. The number of phenols is 2. The van der Waals surface area contributed by atoms with Crippen molar-refractivity contribution in [1.29, 1.82) is 0 Å². The van der Waals surface area contributed by atoms with Gasteiger partial charge in [0.15, 0.2) is 11.5 Å². The highest BCUT2D eigenvalue weighted by molar-refractivity contribution is 6.31. The van der Waals surface area contributed by atoms with E-state index in [0.29, 0.717) is 39.6 Å². The van der Waals surface area contributed by atoms with E-state index in [9.17, 15) is 15.0 Å². The van der Waals surface area contributed by atoms with Gasteiger partial charge in [-0.15, -0.1) is 0 Å². The molecule has 1 atom stereocenters. The molecule has 4 aromatic rings. The van der Waals surface area contributed by atoms with Crippen molar-refractivity contribution in [2.24, 2.45) is 0 Å². The summed E-state index contributed by atoms with van der Waals surface area (Å²) in [4.78, 5) is 19.3. The van der Waals surface area contributed by atoms with Gasteiger partial charge in [-0.25, -0.2) is 0 Å². The number of fused-ring (bicyclic) bond motifs is 1. The molecule has 0 fully saturated rings. The van der Waals surface area contributed by atoms with E-state index in [2.05, 4.69) is 15.2 Å². The number of aromatic nitrogens is 3. The predicted octanol–water partition coefficient (Wildman–Crippen LogP) is 4.29. The van der Waals surface area contributed by atoms with Crippen molar-refractivity contribution in [2.75, 3.05) is 7.11 Å². The van der Waals surface area contributed by atoms with Gasteiger partial charge in [-0.3, -0.25) is 14.9 Å². The molecule has 0 saturated heterocycles. The molecule has 9 heteroatoms. The maximum atomic E-state index is 13.5. The number of rotatable bonds is 5. The Labute approximate surface area is 194 Å². The van der Waals surface area contributed by atoms with Crippen LogP contribution in [0.25, 0.3) is 11.3 Å². The first-order chi connectivity index (χ1) is 16.0. The molecule has 1 aliphatic rings. The van der Waals surface area contributed by atoms with Gasteiger partial charge in [0.2, 0.25) is 0 Å². The van der Waals surface area contributed by atoms with Crippen LogP contribution >= 0.6 is 11.6 Å². The lowest BCUT2D eigenvalue weighted by Gasteiger charge is -2.27. The van der Waals surface area contributed by atoms with E-state index in [1.165, 1.54) is 19.2 Å². The predicted molar refractivity (Wildman–Crippen MR) is 121 cm³/mol. The molecule has 0 radical (unpaired) electrons. The number of halogens is 1. The lowest BCUT2D eigenvalue weighted by atomic mass is 9.95. The summed E-state index contributed by atoms with van der Waals surface area (Å²) in [5, 5.41) is 28.2. The number of amides is 1. The smallest absolute Gasteiger partial charge is 0.273 e. The summed E-state index contributed by atoms with van der Waals surface area (Å²) >= 11 is 6.18. The van der Waals surface area contributed by atoms with Gasteiger partial charge >= 0.3 is 0 Å². The molecule has 0 bridgehead atoms. The van der Waals surface area contributed by atoms with E-state index in [-0.39, 0.29) is 23.2 Å². The van der Waals surface area contributed by atoms with E-state index in [1.807, 2.05) is 12.1 Å². The second kappa shape index (κ2) is 8.14. The Hall–Kier alpha value is -4.04. The Bertz CT molecular complexity index is 1360. The van der Waals surface area contributed by atoms with Gasteiger partial charge in [0, 0.05) is 35.1 Å². The summed E-state index contributed by atoms with van der Waals surface area (Å²) in [6.07, 6.45) is 3.38. The minimum atomic E-state index is -0.561. The summed E-state index contributed by atoms with van der Waals surface area (Å²) in [5.41, 5.74) is 3.33. The number of carbonyl (C=O) groups excluding carboxylic acids is 1. The van der Waals surface area contributed by atoms with Gasteiger partial charge in [-0.05, 0) is 47.5 Å². The van der Waals surface area contributed by atoms with Crippen molar-refractivity contribution < 1.29 is 19.7 Å². The molecule has 0 saturated carbocycles. The van der Waals surface area contributed by atoms with Crippen molar-refractivity contribution in [1.82, 2.24) is 20.1 Å². The van der Waals surface area contributed by atoms with E-state index < -0.39 is 6.04 Å². The van der Waals surface area contributed by atoms with Crippen molar-refractivity contribution in [2.45, 2.75) is 12.6 Å². The molecule has 3 heterocycles. The van der Waals surface area contributed by atoms with Gasteiger partial charge in [0.25, 0.3) is 5.91 Å². The van der Waals surface area contributed by atoms with Crippen LogP contribution in [0.5, 0.6) is 17.2 Å². The number of nitrogens with zero attached hydrogens (tertiary/aromatic N) is 3. The standard InChI is InChI=1S/C24H19ClN4O4/c1-33-19-9-14(4-6-18(19)31)23-20-21(16-10-15(25)5-7-17(16)30)27-28-22(20)24(32)29(23)12-13-3-2-8-26-11-13/h2-11,23,30-31H,12H2,1H3,(H,27,28). The topological polar surface area (TPSA) is 112 Å². The third-order valence-corrected chi connectivity index (χ3v) is 5.91. The maximum absolute atomic E-state index is 13.5. The largest absolute Gasteiger partial charge is 0.507 e. The zero-order valence-corrected chi connectivity index (χ0v) is 18.2. The number of benzene rings is 2. The summed E-state index contributed by atoms with van der Waals surface area (Å²) in [6, 6.07) is 12.8. The van der Waals surface area contributed by atoms with Crippen LogP contribution in [-0.4, -0.2) is 43.3 Å². The van der Waals surface area contributed by atoms with E-state index in [1.54, 1.807) is 41.6 Å². The number of carbonyl (C=O) groups is 1. The molecular formula is C24H19ClN4O4. The fourth-order valence-corrected chi connectivity index (χ4v) is 4.33. The zero-order valence-electron chi connectivity index (χ0n) is 17.5. The van der Waals surface area contributed by atoms with Crippen LogP contribution < -0.4 is 4.74 Å². The van der Waals surface area contributed by atoms with Crippen LogP contribution in [-0.2, 0) is 6.54 Å². The summed E-state index contributed by atoms with van der Waals surface area (Å²) in [5.74, 6) is 0.0231. The fraction of sp³-hybridized carbons (Fsp3) is 0.125. The highest BCUT2D eigenvalue weighted by Crippen LogP contribution is 2.46. The van der Waals surface area contributed by atoms with Gasteiger partial charge in [0.1, 0.15) is 17.1 Å². The van der Waals surface area contributed by atoms with Crippen molar-refractivity contribution in [3.8, 4) is 28.5 Å². The molecule has 0 aliphatic carbocycles. The first-order valence-corrected chi connectivity index (χ1v) is 10.5. The zero-order chi connectivity index (χ0) is 23.1. The van der Waals surface area contributed by atoms with Crippen LogP contribution in [0.1, 0.15) is 33.2 Å². The fourth-order valence-electron chi connectivity index (χ4n) is 4.16. The Morgan fingerprint density at radius 1 is 1.15 bits per heavy atom. The first-order valence-electron chi connectivity index (χ1n) is 10.1. The quantitative estimate of drug-likeness (QED) is 0.408. The number of nitrogens with one attached hydrogen (secondary N) is 1. The van der Waals surface area contributed by atoms with Gasteiger partial charge in [0.05, 0.1) is 13.2 Å². The monoisotopic (exact) mass is 462 g/mol. The second-order valence-corrected chi connectivity index (χ2v) is 8.09. The van der Waals surface area contributed by atoms with Crippen LogP contribution in [0, 0.1) is 0 Å². The molecule has 1 aliphatic heterocycles. The third-order valence-electron chi connectivity index (χ3n) is 5.67. The highest BCUT2D eigenvalue weighted by atomic mass is 35.5. The van der Waals surface area contributed by atoms with Crippen molar-refractivity contribution >= 4 is 17.5 Å². The van der Waals surface area contributed by atoms with Gasteiger partial charge in [-0.1, -0.05) is 23.7 Å². The molecule has 1 amide bonds. The average Bonchev–Trinajstić information content (AvgIpc) is 3.36. The molecular weight excluding hydrogens is 444 g/mol. The summed E-state index contributed by atoms with van der Waals surface area (Å²) in [6.45, 7) is 0.296. The van der Waals surface area contributed by atoms with Crippen LogP contribution in [0.3, 0.4) is 0 Å². The molecule has 8 nitrogen and oxygen atoms in total. The number of H-pyrrole nitrogens is 1. The Morgan fingerprint density at radius 3 is 2.73 bits per heavy atom. The normalized spacial score (nSPS) is 15.0. The second-order valence-electron chi connectivity index (χ2n) is 7.65. The lowest BCUT2D eigenvalue weighted by molar-refractivity contribution is 0.0729. The third kappa shape index (κ3) is 3.54. The van der Waals surface area contributed by atoms with Crippen LogP contribution in [0.2, 0.25) is 5.02 Å². The van der Waals surface area contributed by atoms with E-state index in [4.69, 9.17) is 16.3 Å². The lowest BCUT2D eigenvalue weighted by Crippen LogP contribution is -2.29. The number of aromatic hydroxyl groups is 2. The average molecular weight is 463 g/mol. The Balaban J connectivity index is 1.70. The number of phenolic OH excluding ortho intramolecular Hbond substituents is 2. The van der Waals surface area contributed by atoms with Crippen LogP contribution in [0.15, 0.2) is 60.9 Å². The number of aromatic amines is 1. The minimum absolute atomic E-state index is 0.00565. The number of methoxy groups -OCH3 is 1. The van der Waals surface area contributed by atoms with Crippen molar-refractivity contribution in [3.63, 3.8) is 0 Å². The van der Waals surface area contributed by atoms with E-state index >= 15 is 0 Å².